The molecule has 0 fully saturated rings. The molecule has 15 heavy (non-hydrogen) atoms. The Labute approximate surface area is 98.7 Å². The Kier molecular flexibility index (Phi) is 5.43. The van der Waals surface area contributed by atoms with Gasteiger partial charge in [0, 0.05) is 18.9 Å². The number of rotatable bonds is 4. The molecule has 0 unspecified atom stereocenters. The summed E-state index contributed by atoms with van der Waals surface area (Å²) in [4.78, 5) is 14.8. The van der Waals surface area contributed by atoms with Crippen LogP contribution in [-0.2, 0) is 4.79 Å². The first-order chi connectivity index (χ1) is 7.20. The van der Waals surface area contributed by atoms with E-state index in [0.29, 0.717) is 5.02 Å². The Hall–Kier alpha value is -0.800. The zero-order valence-corrected chi connectivity index (χ0v) is 10.0. The van der Waals surface area contributed by atoms with Gasteiger partial charge in [-0.3, -0.25) is 9.78 Å². The molecule has 0 aromatic carbocycles. The van der Waals surface area contributed by atoms with Gasteiger partial charge in [-0.05, 0) is 24.6 Å². The monoisotopic (exact) mass is 241 g/mol. The minimum Gasteiger partial charge on any atom is -0.288 e. The van der Waals surface area contributed by atoms with Crippen molar-refractivity contribution >= 4 is 34.6 Å². The van der Waals surface area contributed by atoms with Gasteiger partial charge in [0.15, 0.2) is 5.12 Å². The smallest absolute Gasteiger partial charge is 0.185 e. The Bertz CT molecular complexity index is 365. The number of halogens is 1. The number of thioether (sulfide) groups is 1. The van der Waals surface area contributed by atoms with Crippen molar-refractivity contribution in [1.29, 1.82) is 0 Å². The largest absolute Gasteiger partial charge is 0.288 e. The van der Waals surface area contributed by atoms with Crippen molar-refractivity contribution in [3.63, 3.8) is 0 Å². The fourth-order valence-corrected chi connectivity index (χ4v) is 1.71. The number of carbonyl (C=O) groups excluding carboxylic acids is 1. The Morgan fingerprint density at radius 3 is 3.13 bits per heavy atom. The SMILES string of the molecule is CC(=O)SCCC=Cc1ncccc1Cl. The molecule has 0 atom stereocenters. The van der Waals surface area contributed by atoms with E-state index in [0.717, 1.165) is 17.9 Å². The van der Waals surface area contributed by atoms with Gasteiger partial charge in [-0.1, -0.05) is 29.4 Å². The number of carbonyl (C=O) groups is 1. The molecule has 2 nitrogen and oxygen atoms in total. The lowest BCUT2D eigenvalue weighted by Gasteiger charge is -1.95. The molecular weight excluding hydrogens is 230 g/mol. The number of aromatic nitrogens is 1. The molecular formula is C11H12ClNOS. The molecule has 0 aliphatic heterocycles. The summed E-state index contributed by atoms with van der Waals surface area (Å²) in [5.41, 5.74) is 0.770. The summed E-state index contributed by atoms with van der Waals surface area (Å²) in [6.07, 6.45) is 6.40. The van der Waals surface area contributed by atoms with E-state index in [1.165, 1.54) is 11.8 Å². The summed E-state index contributed by atoms with van der Waals surface area (Å²) in [7, 11) is 0. The van der Waals surface area contributed by atoms with Gasteiger partial charge in [-0.25, -0.2) is 0 Å². The van der Waals surface area contributed by atoms with E-state index in [2.05, 4.69) is 4.98 Å². The van der Waals surface area contributed by atoms with E-state index in [1.807, 2.05) is 12.2 Å². The van der Waals surface area contributed by atoms with Crippen molar-refractivity contribution in [3.8, 4) is 0 Å². The second-order valence-electron chi connectivity index (χ2n) is 2.90. The number of hydrogen-bond acceptors (Lipinski definition) is 3. The average molecular weight is 242 g/mol. The van der Waals surface area contributed by atoms with Crippen molar-refractivity contribution in [2.75, 3.05) is 5.75 Å². The van der Waals surface area contributed by atoms with Crippen LogP contribution in [0.3, 0.4) is 0 Å². The van der Waals surface area contributed by atoms with Crippen LogP contribution in [0.15, 0.2) is 24.4 Å². The molecule has 0 aliphatic rings. The number of pyridine rings is 1. The minimum atomic E-state index is 0.152. The van der Waals surface area contributed by atoms with E-state index in [-0.39, 0.29) is 5.12 Å². The summed E-state index contributed by atoms with van der Waals surface area (Å²) in [5.74, 6) is 0.802. The van der Waals surface area contributed by atoms with Gasteiger partial charge in [0.05, 0.1) is 10.7 Å². The van der Waals surface area contributed by atoms with Gasteiger partial charge < -0.3 is 0 Å². The van der Waals surface area contributed by atoms with E-state index in [4.69, 9.17) is 11.6 Å². The lowest BCUT2D eigenvalue weighted by molar-refractivity contribution is -0.109. The van der Waals surface area contributed by atoms with Gasteiger partial charge >= 0.3 is 0 Å². The third-order valence-corrected chi connectivity index (χ3v) is 2.82. The molecule has 4 heteroatoms. The second-order valence-corrected chi connectivity index (χ2v) is 4.58. The third kappa shape index (κ3) is 5.00. The number of allylic oxidation sites excluding steroid dienone is 1. The van der Waals surface area contributed by atoms with E-state index >= 15 is 0 Å². The Morgan fingerprint density at radius 2 is 2.47 bits per heavy atom. The topological polar surface area (TPSA) is 30.0 Å². The number of hydrogen-bond donors (Lipinski definition) is 0. The van der Waals surface area contributed by atoms with Gasteiger partial charge in [0.1, 0.15) is 0 Å². The molecule has 0 bridgehead atoms. The summed E-state index contributed by atoms with van der Waals surface area (Å²) in [5, 5.41) is 0.798. The van der Waals surface area contributed by atoms with Crippen molar-refractivity contribution in [1.82, 2.24) is 4.98 Å². The van der Waals surface area contributed by atoms with E-state index in [9.17, 15) is 4.79 Å². The highest BCUT2D eigenvalue weighted by Crippen LogP contribution is 2.14. The molecule has 0 spiro atoms. The maximum atomic E-state index is 10.6. The maximum Gasteiger partial charge on any atom is 0.185 e. The second kappa shape index (κ2) is 6.64. The van der Waals surface area contributed by atoms with E-state index in [1.54, 1.807) is 25.3 Å². The van der Waals surface area contributed by atoms with Gasteiger partial charge in [0.25, 0.3) is 0 Å². The van der Waals surface area contributed by atoms with Crippen LogP contribution in [-0.4, -0.2) is 15.9 Å². The van der Waals surface area contributed by atoms with Gasteiger partial charge in [-0.2, -0.15) is 0 Å². The highest BCUT2D eigenvalue weighted by Gasteiger charge is 1.95. The standard InChI is InChI=1S/C11H12ClNOS/c1-9(14)15-8-3-2-6-11-10(12)5-4-7-13-11/h2,4-7H,3,8H2,1H3. The fourth-order valence-electron chi connectivity index (χ4n) is 0.986. The molecule has 0 N–H and O–H groups in total. The molecule has 80 valence electrons. The van der Waals surface area contributed by atoms with Crippen LogP contribution in [0.2, 0.25) is 5.02 Å². The predicted octanol–water partition coefficient (Wildman–Crippen LogP) is 3.42. The van der Waals surface area contributed by atoms with Crippen LogP contribution in [0.25, 0.3) is 6.08 Å². The first-order valence-electron chi connectivity index (χ1n) is 4.60. The summed E-state index contributed by atoms with van der Waals surface area (Å²) >= 11 is 7.24. The van der Waals surface area contributed by atoms with Crippen LogP contribution >= 0.6 is 23.4 Å². The molecule has 1 aromatic rings. The highest BCUT2D eigenvalue weighted by atomic mass is 35.5. The lowest BCUT2D eigenvalue weighted by atomic mass is 10.3. The molecule has 1 heterocycles. The van der Waals surface area contributed by atoms with Crippen LogP contribution < -0.4 is 0 Å². The van der Waals surface area contributed by atoms with Crippen LogP contribution in [0, 0.1) is 0 Å². The summed E-state index contributed by atoms with van der Waals surface area (Å²) < 4.78 is 0. The number of nitrogens with zero attached hydrogens (tertiary/aromatic N) is 1. The maximum absolute atomic E-state index is 10.6. The molecule has 0 aliphatic carbocycles. The minimum absolute atomic E-state index is 0.152. The van der Waals surface area contributed by atoms with Crippen molar-refractivity contribution in [3.05, 3.63) is 35.1 Å². The molecule has 0 saturated heterocycles. The molecule has 0 saturated carbocycles. The van der Waals surface area contributed by atoms with E-state index < -0.39 is 0 Å². The van der Waals surface area contributed by atoms with Crippen LogP contribution in [0.5, 0.6) is 0 Å². The van der Waals surface area contributed by atoms with Gasteiger partial charge in [0.2, 0.25) is 0 Å². The Balaban J connectivity index is 2.38. The first-order valence-corrected chi connectivity index (χ1v) is 5.97. The van der Waals surface area contributed by atoms with Crippen molar-refractivity contribution in [2.45, 2.75) is 13.3 Å². The first kappa shape index (κ1) is 12.3. The quantitative estimate of drug-likeness (QED) is 0.757. The van der Waals surface area contributed by atoms with Crippen molar-refractivity contribution < 1.29 is 4.79 Å². The average Bonchev–Trinajstić information content (AvgIpc) is 2.20. The molecule has 0 radical (unpaired) electrons. The molecule has 0 amide bonds. The Morgan fingerprint density at radius 1 is 1.67 bits per heavy atom. The predicted molar refractivity (Wildman–Crippen MR) is 66.0 cm³/mol. The lowest BCUT2D eigenvalue weighted by Crippen LogP contribution is -1.84. The third-order valence-electron chi connectivity index (χ3n) is 1.65. The fraction of sp³-hybridized carbons (Fsp3) is 0.273. The zero-order chi connectivity index (χ0) is 11.1. The van der Waals surface area contributed by atoms with Gasteiger partial charge in [-0.15, -0.1) is 0 Å². The van der Waals surface area contributed by atoms with Crippen LogP contribution in [0.1, 0.15) is 19.0 Å². The highest BCUT2D eigenvalue weighted by molar-refractivity contribution is 8.13. The normalized spacial score (nSPS) is 10.8. The molecule has 1 rings (SSSR count). The summed E-state index contributed by atoms with van der Waals surface area (Å²) in [6, 6.07) is 3.60. The molecule has 1 aromatic heterocycles. The van der Waals surface area contributed by atoms with Crippen LogP contribution in [0.4, 0.5) is 0 Å². The zero-order valence-electron chi connectivity index (χ0n) is 8.44. The summed E-state index contributed by atoms with van der Waals surface area (Å²) in [6.45, 7) is 1.57. The van der Waals surface area contributed by atoms with Crippen molar-refractivity contribution in [2.24, 2.45) is 0 Å².